The minimum atomic E-state index is 0.257. The normalized spacial score (nSPS) is 14.5. The third-order valence-electron chi connectivity index (χ3n) is 3.79. The summed E-state index contributed by atoms with van der Waals surface area (Å²) in [4.78, 5) is 4.38. The molecular formula is C16H16N4O. The Hall–Kier alpha value is -2.56. The number of nitrogens with zero attached hydrogens (tertiary/aromatic N) is 3. The lowest BCUT2D eigenvalue weighted by atomic mass is 10.2. The van der Waals surface area contributed by atoms with Crippen LogP contribution in [0.3, 0.4) is 0 Å². The van der Waals surface area contributed by atoms with Crippen molar-refractivity contribution in [3.8, 4) is 17.0 Å². The molecule has 3 aromatic rings. The molecule has 1 fully saturated rings. The smallest absolute Gasteiger partial charge is 0.154 e. The number of nitrogens with one attached hydrogen (secondary N) is 1. The zero-order chi connectivity index (χ0) is 14.2. The van der Waals surface area contributed by atoms with Gasteiger partial charge in [0.2, 0.25) is 0 Å². The Morgan fingerprint density at radius 2 is 1.95 bits per heavy atom. The summed E-state index contributed by atoms with van der Waals surface area (Å²) < 4.78 is 1.83. The zero-order valence-corrected chi connectivity index (χ0v) is 11.5. The maximum atomic E-state index is 9.39. The molecule has 0 spiro atoms. The summed E-state index contributed by atoms with van der Waals surface area (Å²) in [6.45, 7) is 0.988. The fraction of sp³-hybridized carbons (Fsp3) is 0.250. The minimum absolute atomic E-state index is 0.257. The number of benzene rings is 1. The Kier molecular flexibility index (Phi) is 2.77. The largest absolute Gasteiger partial charge is 0.508 e. The van der Waals surface area contributed by atoms with Crippen LogP contribution in [0.15, 0.2) is 42.6 Å². The summed E-state index contributed by atoms with van der Waals surface area (Å²) >= 11 is 0. The van der Waals surface area contributed by atoms with Crippen LogP contribution in [0.5, 0.6) is 5.75 Å². The summed E-state index contributed by atoms with van der Waals surface area (Å²) in [5.74, 6) is 1.93. The van der Waals surface area contributed by atoms with Crippen molar-refractivity contribution in [2.45, 2.75) is 12.8 Å². The van der Waals surface area contributed by atoms with Crippen LogP contribution < -0.4 is 5.32 Å². The van der Waals surface area contributed by atoms with E-state index in [0.717, 1.165) is 35.2 Å². The monoisotopic (exact) mass is 280 g/mol. The minimum Gasteiger partial charge on any atom is -0.508 e. The molecule has 1 aliphatic carbocycles. The van der Waals surface area contributed by atoms with Gasteiger partial charge in [-0.3, -0.25) is 0 Å². The summed E-state index contributed by atoms with van der Waals surface area (Å²) in [5, 5.41) is 17.4. The average molecular weight is 280 g/mol. The standard InChI is InChI=1S/C16H16N4O/c21-13-5-3-12(4-6-13)14-10-18-16-8-7-15(19-20(14)16)17-9-11-1-2-11/h3-8,10-11,21H,1-2,9H2,(H,17,19). The van der Waals surface area contributed by atoms with E-state index in [4.69, 9.17) is 0 Å². The summed E-state index contributed by atoms with van der Waals surface area (Å²) in [5.41, 5.74) is 2.71. The highest BCUT2D eigenvalue weighted by atomic mass is 16.3. The lowest BCUT2D eigenvalue weighted by Crippen LogP contribution is -2.07. The summed E-state index contributed by atoms with van der Waals surface area (Å²) in [6.07, 6.45) is 4.44. The van der Waals surface area contributed by atoms with E-state index >= 15 is 0 Å². The Morgan fingerprint density at radius 3 is 2.71 bits per heavy atom. The van der Waals surface area contributed by atoms with E-state index in [-0.39, 0.29) is 5.75 Å². The predicted octanol–water partition coefficient (Wildman–Crippen LogP) is 2.92. The van der Waals surface area contributed by atoms with Gasteiger partial charge in [0.1, 0.15) is 11.6 Å². The number of phenolic OH excluding ortho intramolecular Hbond substituents is 1. The van der Waals surface area contributed by atoms with E-state index in [1.54, 1.807) is 18.3 Å². The number of phenols is 1. The molecule has 2 N–H and O–H groups in total. The molecule has 4 rings (SSSR count). The van der Waals surface area contributed by atoms with Gasteiger partial charge in [0.15, 0.2) is 5.65 Å². The Bertz CT molecular complexity index is 775. The lowest BCUT2D eigenvalue weighted by Gasteiger charge is -2.06. The first-order chi connectivity index (χ1) is 10.3. The average Bonchev–Trinajstić information content (AvgIpc) is 3.25. The third kappa shape index (κ3) is 2.42. The van der Waals surface area contributed by atoms with E-state index in [9.17, 15) is 5.11 Å². The predicted molar refractivity (Wildman–Crippen MR) is 81.3 cm³/mol. The van der Waals surface area contributed by atoms with Gasteiger partial charge in [-0.25, -0.2) is 9.50 Å². The highest BCUT2D eigenvalue weighted by Gasteiger charge is 2.20. The quantitative estimate of drug-likeness (QED) is 0.771. The maximum Gasteiger partial charge on any atom is 0.154 e. The number of rotatable bonds is 4. The van der Waals surface area contributed by atoms with Crippen LogP contribution in [0.1, 0.15) is 12.8 Å². The second kappa shape index (κ2) is 4.77. The van der Waals surface area contributed by atoms with Crippen LogP contribution >= 0.6 is 0 Å². The lowest BCUT2D eigenvalue weighted by molar-refractivity contribution is 0.475. The molecule has 0 unspecified atom stereocenters. The van der Waals surface area contributed by atoms with Crippen LogP contribution in [-0.4, -0.2) is 26.2 Å². The number of imidazole rings is 1. The van der Waals surface area contributed by atoms with Crippen molar-refractivity contribution in [3.05, 3.63) is 42.6 Å². The number of fused-ring (bicyclic) bond motifs is 1. The molecule has 21 heavy (non-hydrogen) atoms. The van der Waals surface area contributed by atoms with E-state index < -0.39 is 0 Å². The van der Waals surface area contributed by atoms with Crippen molar-refractivity contribution in [2.75, 3.05) is 11.9 Å². The molecule has 1 saturated carbocycles. The first-order valence-electron chi connectivity index (χ1n) is 7.18. The second-order valence-corrected chi connectivity index (χ2v) is 5.50. The first kappa shape index (κ1) is 12.2. The Labute approximate surface area is 122 Å². The SMILES string of the molecule is Oc1ccc(-c2cnc3ccc(NCC4CC4)nn23)cc1. The molecule has 0 atom stereocenters. The molecule has 1 aliphatic rings. The zero-order valence-electron chi connectivity index (χ0n) is 11.5. The third-order valence-corrected chi connectivity index (χ3v) is 3.79. The molecule has 5 heteroatoms. The van der Waals surface area contributed by atoms with Crippen molar-refractivity contribution in [3.63, 3.8) is 0 Å². The Morgan fingerprint density at radius 1 is 1.14 bits per heavy atom. The van der Waals surface area contributed by atoms with Crippen molar-refractivity contribution in [2.24, 2.45) is 5.92 Å². The van der Waals surface area contributed by atoms with Gasteiger partial charge < -0.3 is 10.4 Å². The molecule has 1 aromatic carbocycles. The maximum absolute atomic E-state index is 9.39. The van der Waals surface area contributed by atoms with Gasteiger partial charge in [-0.15, -0.1) is 5.10 Å². The molecule has 2 aromatic heterocycles. The van der Waals surface area contributed by atoms with Gasteiger partial charge in [0.25, 0.3) is 0 Å². The van der Waals surface area contributed by atoms with E-state index in [1.807, 2.05) is 28.8 Å². The van der Waals surface area contributed by atoms with Gasteiger partial charge in [-0.05, 0) is 55.2 Å². The number of aromatic hydroxyl groups is 1. The Balaban J connectivity index is 1.70. The van der Waals surface area contributed by atoms with E-state index in [1.165, 1.54) is 12.8 Å². The summed E-state index contributed by atoms with van der Waals surface area (Å²) in [7, 11) is 0. The first-order valence-corrected chi connectivity index (χ1v) is 7.18. The van der Waals surface area contributed by atoms with E-state index in [2.05, 4.69) is 15.4 Å². The molecule has 5 nitrogen and oxygen atoms in total. The molecule has 0 saturated heterocycles. The summed E-state index contributed by atoms with van der Waals surface area (Å²) in [6, 6.07) is 11.0. The van der Waals surface area contributed by atoms with Crippen LogP contribution in [-0.2, 0) is 0 Å². The number of hydrogen-bond donors (Lipinski definition) is 2. The molecule has 0 amide bonds. The van der Waals surface area contributed by atoms with Gasteiger partial charge in [0.05, 0.1) is 11.9 Å². The number of anilines is 1. The van der Waals surface area contributed by atoms with Crippen LogP contribution in [0.2, 0.25) is 0 Å². The van der Waals surface area contributed by atoms with Crippen molar-refractivity contribution < 1.29 is 5.11 Å². The van der Waals surface area contributed by atoms with Crippen molar-refractivity contribution in [1.29, 1.82) is 0 Å². The van der Waals surface area contributed by atoms with Gasteiger partial charge in [-0.1, -0.05) is 0 Å². The molecular weight excluding hydrogens is 264 g/mol. The molecule has 2 heterocycles. The highest BCUT2D eigenvalue weighted by molar-refractivity contribution is 5.64. The number of aromatic nitrogens is 3. The van der Waals surface area contributed by atoms with Gasteiger partial charge in [-0.2, -0.15) is 0 Å². The fourth-order valence-electron chi connectivity index (χ4n) is 2.37. The number of hydrogen-bond acceptors (Lipinski definition) is 4. The molecule has 0 bridgehead atoms. The molecule has 0 aliphatic heterocycles. The highest BCUT2D eigenvalue weighted by Crippen LogP contribution is 2.29. The van der Waals surface area contributed by atoms with Gasteiger partial charge >= 0.3 is 0 Å². The van der Waals surface area contributed by atoms with Crippen molar-refractivity contribution >= 4 is 11.5 Å². The topological polar surface area (TPSA) is 62.5 Å². The van der Waals surface area contributed by atoms with Crippen molar-refractivity contribution in [1.82, 2.24) is 14.6 Å². The molecule has 0 radical (unpaired) electrons. The van der Waals surface area contributed by atoms with Crippen LogP contribution in [0.25, 0.3) is 16.9 Å². The fourth-order valence-corrected chi connectivity index (χ4v) is 2.37. The second-order valence-electron chi connectivity index (χ2n) is 5.50. The van der Waals surface area contributed by atoms with Crippen LogP contribution in [0.4, 0.5) is 5.82 Å². The molecule has 106 valence electrons. The van der Waals surface area contributed by atoms with Crippen LogP contribution in [0, 0.1) is 5.92 Å². The van der Waals surface area contributed by atoms with Gasteiger partial charge in [0, 0.05) is 12.1 Å². The van der Waals surface area contributed by atoms with E-state index in [0.29, 0.717) is 0 Å².